The molecule has 0 spiro atoms. The molecule has 1 aliphatic heterocycles. The van der Waals surface area contributed by atoms with Crippen LogP contribution in [0.1, 0.15) is 48.3 Å². The molecule has 0 saturated heterocycles. The largest absolute Gasteiger partial charge is 0.478 e. The Morgan fingerprint density at radius 2 is 2.12 bits per heavy atom. The Morgan fingerprint density at radius 1 is 1.35 bits per heavy atom. The third kappa shape index (κ3) is 6.62. The van der Waals surface area contributed by atoms with Crippen LogP contribution < -0.4 is 0 Å². The number of aryl methyl sites for hydroxylation is 1. The van der Waals surface area contributed by atoms with Gasteiger partial charge in [-0.05, 0) is 32.0 Å². The van der Waals surface area contributed by atoms with Crippen LogP contribution in [0.4, 0.5) is 0 Å². The van der Waals surface area contributed by atoms with Gasteiger partial charge in [0.25, 0.3) is 0 Å². The first kappa shape index (κ1) is 25.8. The van der Waals surface area contributed by atoms with E-state index >= 15 is 0 Å². The minimum absolute atomic E-state index is 0.00173. The number of hydrogen-bond acceptors (Lipinski definition) is 7. The summed E-state index contributed by atoms with van der Waals surface area (Å²) in [5.74, 6) is -0.982. The molecule has 0 bridgehead atoms. The zero-order chi connectivity index (χ0) is 24.7. The summed E-state index contributed by atoms with van der Waals surface area (Å²) >= 11 is 0. The van der Waals surface area contributed by atoms with E-state index in [2.05, 4.69) is 10.3 Å². The number of aliphatic hydroxyl groups excluding tert-OH is 1. The molecular formula is C24H35N5O5. The number of carbonyl (C=O) groups is 2. The maximum Gasteiger partial charge on any atom is 0.336 e. The van der Waals surface area contributed by atoms with Gasteiger partial charge in [-0.3, -0.25) is 9.69 Å². The molecule has 1 aromatic heterocycles. The van der Waals surface area contributed by atoms with E-state index in [9.17, 15) is 19.8 Å². The van der Waals surface area contributed by atoms with Crippen molar-refractivity contribution in [2.45, 2.75) is 58.5 Å². The number of benzene rings is 1. The maximum absolute atomic E-state index is 13.0. The molecule has 0 radical (unpaired) electrons. The van der Waals surface area contributed by atoms with E-state index in [1.165, 1.54) is 0 Å². The highest BCUT2D eigenvalue weighted by molar-refractivity contribution is 5.89. The number of carboxylic acid groups (broad SMARTS) is 1. The number of likely N-dealkylation sites (N-methyl/N-ethyl adjacent to an activating group) is 1. The van der Waals surface area contributed by atoms with Gasteiger partial charge in [0.2, 0.25) is 5.91 Å². The van der Waals surface area contributed by atoms with Crippen LogP contribution in [0, 0.1) is 5.92 Å². The number of ether oxygens (including phenoxy) is 1. The molecule has 3 atom stereocenters. The molecule has 3 rings (SSSR count). The molecule has 0 fully saturated rings. The molecule has 0 aliphatic carbocycles. The summed E-state index contributed by atoms with van der Waals surface area (Å²) in [4.78, 5) is 28.3. The molecule has 0 unspecified atom stereocenters. The lowest BCUT2D eigenvalue weighted by Crippen LogP contribution is -2.47. The first-order valence-corrected chi connectivity index (χ1v) is 11.7. The molecule has 2 heterocycles. The lowest BCUT2D eigenvalue weighted by Gasteiger charge is -2.35. The molecule has 1 aromatic carbocycles. The summed E-state index contributed by atoms with van der Waals surface area (Å²) in [5, 5.41) is 27.3. The summed E-state index contributed by atoms with van der Waals surface area (Å²) in [6, 6.07) is 6.68. The number of fused-ring (bicyclic) bond motifs is 1. The van der Waals surface area contributed by atoms with E-state index in [-0.39, 0.29) is 36.1 Å². The zero-order valence-corrected chi connectivity index (χ0v) is 20.1. The molecule has 1 aliphatic rings. The first-order chi connectivity index (χ1) is 16.3. The molecule has 10 heteroatoms. The highest BCUT2D eigenvalue weighted by Gasteiger charge is 2.28. The molecule has 34 heavy (non-hydrogen) atoms. The van der Waals surface area contributed by atoms with E-state index in [0.717, 1.165) is 11.3 Å². The zero-order valence-electron chi connectivity index (χ0n) is 20.1. The van der Waals surface area contributed by atoms with Crippen LogP contribution in [0.25, 0.3) is 0 Å². The van der Waals surface area contributed by atoms with Crippen molar-refractivity contribution in [2.24, 2.45) is 5.92 Å². The topological polar surface area (TPSA) is 121 Å². The van der Waals surface area contributed by atoms with Crippen molar-refractivity contribution >= 4 is 11.9 Å². The van der Waals surface area contributed by atoms with Crippen molar-refractivity contribution in [3.63, 3.8) is 0 Å². The van der Waals surface area contributed by atoms with Crippen molar-refractivity contribution in [1.29, 1.82) is 0 Å². The maximum atomic E-state index is 13.0. The number of aromatic carboxylic acids is 1. The van der Waals surface area contributed by atoms with Gasteiger partial charge >= 0.3 is 5.97 Å². The third-order valence-electron chi connectivity index (χ3n) is 6.32. The second-order valence-corrected chi connectivity index (χ2v) is 9.12. The van der Waals surface area contributed by atoms with Crippen molar-refractivity contribution in [3.8, 4) is 0 Å². The van der Waals surface area contributed by atoms with Crippen LogP contribution in [0.2, 0.25) is 0 Å². The normalized spacial score (nSPS) is 21.0. The smallest absolute Gasteiger partial charge is 0.336 e. The third-order valence-corrected chi connectivity index (χ3v) is 6.32. The molecule has 0 saturated carbocycles. The molecular weight excluding hydrogens is 438 g/mol. The monoisotopic (exact) mass is 473 g/mol. The van der Waals surface area contributed by atoms with Crippen LogP contribution in [0.3, 0.4) is 0 Å². The van der Waals surface area contributed by atoms with Crippen LogP contribution in [-0.4, -0.2) is 85.8 Å². The Labute approximate surface area is 200 Å². The van der Waals surface area contributed by atoms with E-state index in [1.807, 2.05) is 37.9 Å². The Morgan fingerprint density at radius 3 is 2.85 bits per heavy atom. The Balaban J connectivity index is 1.80. The SMILES string of the molecule is C[C@@H]1CN([C@@H](C)CO)C(=O)CCCn2nncc2CO[C@H]1CN(C)Cc1ccccc1C(=O)O. The molecule has 186 valence electrons. The summed E-state index contributed by atoms with van der Waals surface area (Å²) in [6.45, 7) is 6.12. The lowest BCUT2D eigenvalue weighted by molar-refractivity contribution is -0.136. The van der Waals surface area contributed by atoms with Crippen molar-refractivity contribution in [1.82, 2.24) is 24.8 Å². The Kier molecular flexibility index (Phi) is 9.14. The van der Waals surface area contributed by atoms with Crippen molar-refractivity contribution in [2.75, 3.05) is 26.7 Å². The molecule has 10 nitrogen and oxygen atoms in total. The summed E-state index contributed by atoms with van der Waals surface area (Å²) < 4.78 is 8.10. The van der Waals surface area contributed by atoms with E-state index < -0.39 is 5.97 Å². The molecule has 2 N–H and O–H groups in total. The average molecular weight is 474 g/mol. The van der Waals surface area contributed by atoms with Gasteiger partial charge in [-0.1, -0.05) is 30.3 Å². The highest BCUT2D eigenvalue weighted by atomic mass is 16.5. The highest BCUT2D eigenvalue weighted by Crippen LogP contribution is 2.19. The fourth-order valence-corrected chi connectivity index (χ4v) is 4.28. The minimum Gasteiger partial charge on any atom is -0.478 e. The van der Waals surface area contributed by atoms with Gasteiger partial charge < -0.3 is 19.8 Å². The Hall–Kier alpha value is -2.82. The number of amides is 1. The van der Waals surface area contributed by atoms with E-state index in [1.54, 1.807) is 27.9 Å². The minimum atomic E-state index is -0.951. The number of carboxylic acids is 1. The van der Waals surface area contributed by atoms with Gasteiger partial charge in [0.1, 0.15) is 0 Å². The average Bonchev–Trinajstić information content (AvgIpc) is 3.26. The Bertz CT molecular complexity index is 965. The van der Waals surface area contributed by atoms with Crippen LogP contribution in [0.5, 0.6) is 0 Å². The van der Waals surface area contributed by atoms with E-state index in [4.69, 9.17) is 4.74 Å². The predicted octanol–water partition coefficient (Wildman–Crippen LogP) is 1.63. The number of aromatic nitrogens is 3. The second-order valence-electron chi connectivity index (χ2n) is 9.12. The summed E-state index contributed by atoms with van der Waals surface area (Å²) in [7, 11) is 1.93. The van der Waals surface area contributed by atoms with Gasteiger partial charge in [0.15, 0.2) is 0 Å². The fourth-order valence-electron chi connectivity index (χ4n) is 4.28. The van der Waals surface area contributed by atoms with Crippen molar-refractivity contribution < 1.29 is 24.5 Å². The number of carbonyl (C=O) groups excluding carboxylic acids is 1. The number of aliphatic hydroxyl groups is 1. The lowest BCUT2D eigenvalue weighted by atomic mass is 10.0. The van der Waals surface area contributed by atoms with Gasteiger partial charge in [-0.25, -0.2) is 9.48 Å². The number of nitrogens with zero attached hydrogens (tertiary/aromatic N) is 5. The van der Waals surface area contributed by atoms with Gasteiger partial charge in [-0.2, -0.15) is 0 Å². The van der Waals surface area contributed by atoms with Gasteiger partial charge in [0, 0.05) is 38.5 Å². The molecule has 2 aromatic rings. The summed E-state index contributed by atoms with van der Waals surface area (Å²) in [5.41, 5.74) is 1.86. The quantitative estimate of drug-likeness (QED) is 0.623. The van der Waals surface area contributed by atoms with Crippen LogP contribution in [0.15, 0.2) is 30.5 Å². The van der Waals surface area contributed by atoms with E-state index in [0.29, 0.717) is 45.6 Å². The van der Waals surface area contributed by atoms with Crippen molar-refractivity contribution in [3.05, 3.63) is 47.3 Å². The summed E-state index contributed by atoms with van der Waals surface area (Å²) in [6.07, 6.45) is 2.44. The fraction of sp³-hybridized carbons (Fsp3) is 0.583. The first-order valence-electron chi connectivity index (χ1n) is 11.7. The van der Waals surface area contributed by atoms with Crippen LogP contribution in [-0.2, 0) is 29.2 Å². The van der Waals surface area contributed by atoms with Crippen LogP contribution >= 0.6 is 0 Å². The van der Waals surface area contributed by atoms with Gasteiger partial charge in [0.05, 0.1) is 42.8 Å². The standard InChI is InChI=1S/C24H35N5O5/c1-17-12-28(18(2)15-30)23(31)9-6-10-29-20(11-25-26-29)16-34-22(17)14-27(3)13-19-7-4-5-8-21(19)24(32)33/h4-5,7-8,11,17-18,22,30H,6,9-10,12-16H2,1-3H3,(H,32,33)/t17-,18+,22+/m1/s1. The second kappa shape index (κ2) is 12.0. The number of rotatable bonds is 7. The molecule has 1 amide bonds. The van der Waals surface area contributed by atoms with Gasteiger partial charge in [-0.15, -0.1) is 5.10 Å². The predicted molar refractivity (Wildman–Crippen MR) is 125 cm³/mol. The number of hydrogen-bond donors (Lipinski definition) is 2.